The fourth-order valence-electron chi connectivity index (χ4n) is 2.12. The molecule has 18 heavy (non-hydrogen) atoms. The van der Waals surface area contributed by atoms with Crippen molar-refractivity contribution in [1.82, 2.24) is 10.2 Å². The minimum Gasteiger partial charge on any atom is -0.380 e. The summed E-state index contributed by atoms with van der Waals surface area (Å²) in [6.45, 7) is 9.15. The van der Waals surface area contributed by atoms with Gasteiger partial charge in [-0.25, -0.2) is 0 Å². The second-order valence-electron chi connectivity index (χ2n) is 5.22. The van der Waals surface area contributed by atoms with E-state index in [1.807, 2.05) is 27.7 Å². The molecule has 2 atom stereocenters. The molecule has 0 saturated carbocycles. The van der Waals surface area contributed by atoms with Gasteiger partial charge in [0.25, 0.3) is 0 Å². The van der Waals surface area contributed by atoms with Crippen LogP contribution >= 0.6 is 0 Å². The highest BCUT2D eigenvalue weighted by atomic mass is 16.5. The molecule has 0 aromatic heterocycles. The fraction of sp³-hybridized carbons (Fsp3) is 0.846. The number of nitrogens with one attached hydrogen (secondary N) is 1. The molecule has 2 unspecified atom stereocenters. The molecule has 0 radical (unpaired) electrons. The van der Waals surface area contributed by atoms with Gasteiger partial charge in [-0.1, -0.05) is 13.8 Å². The van der Waals surface area contributed by atoms with Crippen LogP contribution in [0, 0.1) is 5.92 Å². The Morgan fingerprint density at radius 1 is 1.39 bits per heavy atom. The van der Waals surface area contributed by atoms with Gasteiger partial charge in [0.1, 0.15) is 6.04 Å². The second kappa shape index (κ2) is 6.73. The summed E-state index contributed by atoms with van der Waals surface area (Å²) in [6, 6.07) is -0.437. The zero-order chi connectivity index (χ0) is 13.7. The van der Waals surface area contributed by atoms with Crippen LogP contribution < -0.4 is 5.32 Å². The molecule has 0 spiro atoms. The van der Waals surface area contributed by atoms with E-state index in [2.05, 4.69) is 5.32 Å². The number of amides is 2. The van der Waals surface area contributed by atoms with E-state index in [-0.39, 0.29) is 30.4 Å². The lowest BCUT2D eigenvalue weighted by Gasteiger charge is -2.36. The van der Waals surface area contributed by atoms with E-state index < -0.39 is 0 Å². The minimum absolute atomic E-state index is 0.00973. The van der Waals surface area contributed by atoms with Gasteiger partial charge in [0.05, 0.1) is 19.2 Å². The van der Waals surface area contributed by atoms with Crippen LogP contribution in [0.3, 0.4) is 0 Å². The summed E-state index contributed by atoms with van der Waals surface area (Å²) in [4.78, 5) is 25.5. The molecule has 0 aliphatic carbocycles. The van der Waals surface area contributed by atoms with Crippen molar-refractivity contribution >= 4 is 11.8 Å². The number of piperazine rings is 1. The van der Waals surface area contributed by atoms with E-state index in [0.717, 1.165) is 0 Å². The fourth-order valence-corrected chi connectivity index (χ4v) is 2.12. The highest BCUT2D eigenvalue weighted by Crippen LogP contribution is 2.14. The van der Waals surface area contributed by atoms with E-state index in [1.54, 1.807) is 4.90 Å². The maximum absolute atomic E-state index is 12.3. The zero-order valence-corrected chi connectivity index (χ0v) is 11.7. The van der Waals surface area contributed by atoms with Crippen molar-refractivity contribution in [3.63, 3.8) is 0 Å². The monoisotopic (exact) mass is 256 g/mol. The summed E-state index contributed by atoms with van der Waals surface area (Å²) in [6.07, 6.45) is 0.683. The van der Waals surface area contributed by atoms with Gasteiger partial charge >= 0.3 is 0 Å². The first-order valence-electron chi connectivity index (χ1n) is 6.63. The molecule has 1 heterocycles. The smallest absolute Gasteiger partial charge is 0.245 e. The Balaban J connectivity index is 2.66. The Hall–Kier alpha value is -1.10. The third-order valence-corrected chi connectivity index (χ3v) is 3.03. The quantitative estimate of drug-likeness (QED) is 0.764. The van der Waals surface area contributed by atoms with Gasteiger partial charge in [-0.3, -0.25) is 9.59 Å². The summed E-state index contributed by atoms with van der Waals surface area (Å²) < 4.78 is 5.32. The zero-order valence-electron chi connectivity index (χ0n) is 11.7. The van der Waals surface area contributed by atoms with Gasteiger partial charge in [-0.15, -0.1) is 0 Å². The molecule has 5 nitrogen and oxygen atoms in total. The van der Waals surface area contributed by atoms with Crippen molar-refractivity contribution in [2.24, 2.45) is 5.92 Å². The molecule has 1 rings (SSSR count). The predicted octanol–water partition coefficient (Wildman–Crippen LogP) is 0.784. The summed E-state index contributed by atoms with van der Waals surface area (Å²) in [7, 11) is 0. The predicted molar refractivity (Wildman–Crippen MR) is 69.1 cm³/mol. The standard InChI is InChI=1S/C13H24N2O3/c1-5-18-8-10(4)15-7-12(16)14-11(13(15)17)6-9(2)3/h9-11H,5-8H2,1-4H3,(H,14,16). The molecule has 1 aliphatic rings. The van der Waals surface area contributed by atoms with Gasteiger partial charge in [-0.05, 0) is 26.2 Å². The minimum atomic E-state index is -0.379. The molecular formula is C13H24N2O3. The lowest BCUT2D eigenvalue weighted by atomic mass is 10.00. The number of hydrogen-bond acceptors (Lipinski definition) is 3. The van der Waals surface area contributed by atoms with Crippen LogP contribution in [0.5, 0.6) is 0 Å². The highest BCUT2D eigenvalue weighted by molar-refractivity contribution is 5.95. The van der Waals surface area contributed by atoms with Crippen LogP contribution in [0.15, 0.2) is 0 Å². The van der Waals surface area contributed by atoms with E-state index in [0.29, 0.717) is 25.6 Å². The average molecular weight is 256 g/mol. The SMILES string of the molecule is CCOCC(C)N1CC(=O)NC(CC(C)C)C1=O. The van der Waals surface area contributed by atoms with Crippen molar-refractivity contribution in [3.05, 3.63) is 0 Å². The molecule has 0 aromatic rings. The van der Waals surface area contributed by atoms with Gasteiger partial charge in [-0.2, -0.15) is 0 Å². The van der Waals surface area contributed by atoms with Crippen LogP contribution in [-0.2, 0) is 14.3 Å². The van der Waals surface area contributed by atoms with Crippen LogP contribution in [0.25, 0.3) is 0 Å². The Kier molecular flexibility index (Phi) is 5.59. The van der Waals surface area contributed by atoms with Crippen molar-refractivity contribution in [2.45, 2.75) is 46.2 Å². The maximum atomic E-state index is 12.3. The van der Waals surface area contributed by atoms with Gasteiger partial charge in [0.2, 0.25) is 11.8 Å². The first-order chi connectivity index (χ1) is 8.45. The Bertz CT molecular complexity index is 305. The summed E-state index contributed by atoms with van der Waals surface area (Å²) in [5.41, 5.74) is 0. The van der Waals surface area contributed by atoms with Crippen molar-refractivity contribution in [2.75, 3.05) is 19.8 Å². The van der Waals surface area contributed by atoms with Crippen LogP contribution in [0.2, 0.25) is 0 Å². The second-order valence-corrected chi connectivity index (χ2v) is 5.22. The summed E-state index contributed by atoms with van der Waals surface area (Å²) >= 11 is 0. The third kappa shape index (κ3) is 3.98. The number of rotatable bonds is 6. The Morgan fingerprint density at radius 2 is 2.06 bits per heavy atom. The Morgan fingerprint density at radius 3 is 2.61 bits per heavy atom. The van der Waals surface area contributed by atoms with Gasteiger partial charge in [0, 0.05) is 6.61 Å². The molecule has 1 saturated heterocycles. The summed E-state index contributed by atoms with van der Waals surface area (Å²) in [5, 5.41) is 2.77. The number of nitrogens with zero attached hydrogens (tertiary/aromatic N) is 1. The first kappa shape index (κ1) is 15.0. The van der Waals surface area contributed by atoms with Gasteiger partial charge in [0.15, 0.2) is 0 Å². The molecule has 5 heteroatoms. The molecule has 1 fully saturated rings. The van der Waals surface area contributed by atoms with Crippen molar-refractivity contribution in [3.8, 4) is 0 Å². The molecule has 0 bridgehead atoms. The topological polar surface area (TPSA) is 58.6 Å². The molecule has 1 N–H and O–H groups in total. The molecule has 2 amide bonds. The molecular weight excluding hydrogens is 232 g/mol. The highest BCUT2D eigenvalue weighted by Gasteiger charge is 2.35. The molecule has 104 valence electrons. The van der Waals surface area contributed by atoms with Crippen LogP contribution in [-0.4, -0.2) is 48.6 Å². The van der Waals surface area contributed by atoms with Gasteiger partial charge < -0.3 is 15.0 Å². The maximum Gasteiger partial charge on any atom is 0.245 e. The number of ether oxygens (including phenoxy) is 1. The number of hydrogen-bond donors (Lipinski definition) is 1. The lowest BCUT2D eigenvalue weighted by molar-refractivity contribution is -0.148. The van der Waals surface area contributed by atoms with E-state index >= 15 is 0 Å². The van der Waals surface area contributed by atoms with E-state index in [4.69, 9.17) is 4.74 Å². The van der Waals surface area contributed by atoms with Crippen LogP contribution in [0.1, 0.15) is 34.1 Å². The number of carbonyl (C=O) groups excluding carboxylic acids is 2. The third-order valence-electron chi connectivity index (χ3n) is 3.03. The molecule has 0 aromatic carbocycles. The lowest BCUT2D eigenvalue weighted by Crippen LogP contribution is -2.61. The van der Waals surface area contributed by atoms with E-state index in [9.17, 15) is 9.59 Å². The number of carbonyl (C=O) groups is 2. The Labute approximate surface area is 109 Å². The molecule has 1 aliphatic heterocycles. The van der Waals surface area contributed by atoms with Crippen molar-refractivity contribution < 1.29 is 14.3 Å². The van der Waals surface area contributed by atoms with Crippen LogP contribution in [0.4, 0.5) is 0 Å². The normalized spacial score (nSPS) is 22.3. The summed E-state index contributed by atoms with van der Waals surface area (Å²) in [5.74, 6) is 0.306. The van der Waals surface area contributed by atoms with E-state index in [1.165, 1.54) is 0 Å². The van der Waals surface area contributed by atoms with Crippen molar-refractivity contribution in [1.29, 1.82) is 0 Å². The average Bonchev–Trinajstić information content (AvgIpc) is 2.29. The largest absolute Gasteiger partial charge is 0.380 e. The first-order valence-corrected chi connectivity index (χ1v) is 6.63.